The van der Waals surface area contributed by atoms with Crippen molar-refractivity contribution in [2.24, 2.45) is 0 Å². The summed E-state index contributed by atoms with van der Waals surface area (Å²) in [6, 6.07) is 1.68. The molecule has 0 spiro atoms. The van der Waals surface area contributed by atoms with Crippen LogP contribution in [-0.4, -0.2) is 37.0 Å². The van der Waals surface area contributed by atoms with Gasteiger partial charge in [-0.05, 0) is 6.42 Å². The molecule has 0 aliphatic carbocycles. The molecule has 0 unspecified atom stereocenters. The molecule has 0 saturated carbocycles. The minimum Gasteiger partial charge on any atom is -0.365 e. The fourth-order valence-electron chi connectivity index (χ4n) is 1.34. The number of hydrogen-bond donors (Lipinski definition) is 1. The zero-order valence-electron chi connectivity index (χ0n) is 10.4. The van der Waals surface area contributed by atoms with E-state index in [0.29, 0.717) is 17.5 Å². The molecule has 6 heteroatoms. The first kappa shape index (κ1) is 14.2. The number of aryl methyl sites for hydroxylation is 1. The Morgan fingerprint density at radius 3 is 2.65 bits per heavy atom. The van der Waals surface area contributed by atoms with Gasteiger partial charge in [0.05, 0.1) is 6.54 Å². The van der Waals surface area contributed by atoms with Crippen molar-refractivity contribution >= 4 is 17.4 Å². The van der Waals surface area contributed by atoms with E-state index in [-0.39, 0.29) is 6.29 Å². The van der Waals surface area contributed by atoms with Crippen LogP contribution < -0.4 is 5.32 Å². The van der Waals surface area contributed by atoms with Gasteiger partial charge in [0, 0.05) is 26.7 Å². The van der Waals surface area contributed by atoms with Gasteiger partial charge in [-0.25, -0.2) is 9.97 Å². The second kappa shape index (κ2) is 7.42. The molecule has 0 radical (unpaired) electrons. The van der Waals surface area contributed by atoms with Crippen LogP contribution in [0, 0.1) is 0 Å². The van der Waals surface area contributed by atoms with Crippen molar-refractivity contribution in [3.8, 4) is 0 Å². The van der Waals surface area contributed by atoms with Gasteiger partial charge in [-0.1, -0.05) is 18.5 Å². The number of methoxy groups -OCH3 is 2. The molecule has 0 atom stereocenters. The van der Waals surface area contributed by atoms with E-state index < -0.39 is 0 Å². The molecule has 5 nitrogen and oxygen atoms in total. The van der Waals surface area contributed by atoms with E-state index in [1.54, 1.807) is 20.3 Å². The van der Waals surface area contributed by atoms with Crippen LogP contribution in [0.5, 0.6) is 0 Å². The van der Waals surface area contributed by atoms with Gasteiger partial charge in [0.15, 0.2) is 6.29 Å². The quantitative estimate of drug-likeness (QED) is 0.600. The van der Waals surface area contributed by atoms with Crippen LogP contribution in [0.3, 0.4) is 0 Å². The van der Waals surface area contributed by atoms with E-state index in [1.807, 2.05) is 0 Å². The summed E-state index contributed by atoms with van der Waals surface area (Å²) in [5.74, 6) is 1.43. The number of rotatable bonds is 7. The Labute approximate surface area is 107 Å². The van der Waals surface area contributed by atoms with Crippen LogP contribution in [0.4, 0.5) is 5.82 Å². The monoisotopic (exact) mass is 259 g/mol. The highest BCUT2D eigenvalue weighted by atomic mass is 35.5. The lowest BCUT2D eigenvalue weighted by atomic mass is 10.3. The van der Waals surface area contributed by atoms with Crippen molar-refractivity contribution < 1.29 is 9.47 Å². The number of anilines is 1. The lowest BCUT2D eigenvalue weighted by Gasteiger charge is -2.14. The van der Waals surface area contributed by atoms with Gasteiger partial charge >= 0.3 is 0 Å². The van der Waals surface area contributed by atoms with Crippen molar-refractivity contribution in [1.29, 1.82) is 0 Å². The standard InChI is InChI=1S/C11H18ClN3O2/c1-4-5-9-14-8(12)6-10(15-9)13-7-11(16-2)17-3/h6,11H,4-5,7H2,1-3H3,(H,13,14,15). The van der Waals surface area contributed by atoms with Gasteiger partial charge in [-0.3, -0.25) is 0 Å². The first-order chi connectivity index (χ1) is 8.19. The van der Waals surface area contributed by atoms with Gasteiger partial charge in [-0.2, -0.15) is 0 Å². The Hall–Kier alpha value is -0.910. The van der Waals surface area contributed by atoms with E-state index in [1.165, 1.54) is 0 Å². The molecule has 96 valence electrons. The minimum atomic E-state index is -0.307. The molecule has 0 aromatic carbocycles. The predicted octanol–water partition coefficient (Wildman–Crippen LogP) is 2.11. The molecule has 0 saturated heterocycles. The van der Waals surface area contributed by atoms with E-state index in [9.17, 15) is 0 Å². The Morgan fingerprint density at radius 1 is 1.35 bits per heavy atom. The summed E-state index contributed by atoms with van der Waals surface area (Å²) in [4.78, 5) is 8.49. The van der Waals surface area contributed by atoms with E-state index in [2.05, 4.69) is 22.2 Å². The number of hydrogen-bond acceptors (Lipinski definition) is 5. The maximum absolute atomic E-state index is 5.92. The topological polar surface area (TPSA) is 56.3 Å². The molecule has 0 aliphatic heterocycles. The van der Waals surface area contributed by atoms with Crippen molar-refractivity contribution in [3.63, 3.8) is 0 Å². The van der Waals surface area contributed by atoms with Crippen LogP contribution in [0.2, 0.25) is 5.15 Å². The lowest BCUT2D eigenvalue weighted by Crippen LogP contribution is -2.24. The molecule has 1 rings (SSSR count). The fourth-order valence-corrected chi connectivity index (χ4v) is 1.54. The molecular weight excluding hydrogens is 242 g/mol. The average molecular weight is 260 g/mol. The van der Waals surface area contributed by atoms with Gasteiger partial charge in [0.1, 0.15) is 16.8 Å². The average Bonchev–Trinajstić information content (AvgIpc) is 2.30. The summed E-state index contributed by atoms with van der Waals surface area (Å²) < 4.78 is 10.1. The van der Waals surface area contributed by atoms with Crippen molar-refractivity contribution in [3.05, 3.63) is 17.0 Å². The Balaban J connectivity index is 2.63. The molecule has 0 amide bonds. The summed E-state index contributed by atoms with van der Waals surface area (Å²) in [6.07, 6.45) is 1.49. The summed E-state index contributed by atoms with van der Waals surface area (Å²) in [7, 11) is 3.18. The van der Waals surface area contributed by atoms with Crippen LogP contribution in [-0.2, 0) is 15.9 Å². The number of aromatic nitrogens is 2. The van der Waals surface area contributed by atoms with E-state index >= 15 is 0 Å². The highest BCUT2D eigenvalue weighted by Crippen LogP contribution is 2.12. The molecule has 1 aromatic rings. The summed E-state index contributed by atoms with van der Waals surface area (Å²) in [6.45, 7) is 2.58. The minimum absolute atomic E-state index is 0.307. The third kappa shape index (κ3) is 4.85. The predicted molar refractivity (Wildman–Crippen MR) is 67.3 cm³/mol. The highest BCUT2D eigenvalue weighted by molar-refractivity contribution is 6.29. The summed E-state index contributed by atoms with van der Waals surface area (Å²) in [5.41, 5.74) is 0. The van der Waals surface area contributed by atoms with Crippen LogP contribution in [0.1, 0.15) is 19.2 Å². The van der Waals surface area contributed by atoms with Crippen molar-refractivity contribution in [2.45, 2.75) is 26.1 Å². The summed E-state index contributed by atoms with van der Waals surface area (Å²) in [5, 5.41) is 3.54. The van der Waals surface area contributed by atoms with Crippen LogP contribution in [0.25, 0.3) is 0 Å². The molecule has 0 fully saturated rings. The second-order valence-corrected chi connectivity index (χ2v) is 3.91. The SMILES string of the molecule is CCCc1nc(Cl)cc(NCC(OC)OC)n1. The maximum Gasteiger partial charge on any atom is 0.173 e. The summed E-state index contributed by atoms with van der Waals surface area (Å²) >= 11 is 5.92. The number of nitrogens with zero attached hydrogens (tertiary/aromatic N) is 2. The third-order valence-corrected chi connectivity index (χ3v) is 2.38. The lowest BCUT2D eigenvalue weighted by molar-refractivity contribution is -0.0914. The zero-order valence-corrected chi connectivity index (χ0v) is 11.1. The highest BCUT2D eigenvalue weighted by Gasteiger charge is 2.07. The van der Waals surface area contributed by atoms with Gasteiger partial charge < -0.3 is 14.8 Å². The van der Waals surface area contributed by atoms with E-state index in [4.69, 9.17) is 21.1 Å². The molecule has 17 heavy (non-hydrogen) atoms. The van der Waals surface area contributed by atoms with Gasteiger partial charge in [-0.15, -0.1) is 0 Å². The van der Waals surface area contributed by atoms with Gasteiger partial charge in [0.2, 0.25) is 0 Å². The van der Waals surface area contributed by atoms with Crippen molar-refractivity contribution in [1.82, 2.24) is 9.97 Å². The Kier molecular flexibility index (Phi) is 6.18. The molecule has 0 aliphatic rings. The van der Waals surface area contributed by atoms with Gasteiger partial charge in [0.25, 0.3) is 0 Å². The molecule has 1 aromatic heterocycles. The molecule has 1 N–H and O–H groups in total. The Bertz CT molecular complexity index is 345. The zero-order chi connectivity index (χ0) is 12.7. The first-order valence-corrected chi connectivity index (χ1v) is 5.90. The maximum atomic E-state index is 5.92. The smallest absolute Gasteiger partial charge is 0.173 e. The largest absolute Gasteiger partial charge is 0.365 e. The van der Waals surface area contributed by atoms with Crippen LogP contribution >= 0.6 is 11.6 Å². The van der Waals surface area contributed by atoms with Crippen LogP contribution in [0.15, 0.2) is 6.07 Å². The van der Waals surface area contributed by atoms with E-state index in [0.717, 1.165) is 18.7 Å². The molecule has 1 heterocycles. The third-order valence-electron chi connectivity index (χ3n) is 2.19. The number of halogens is 1. The normalized spacial score (nSPS) is 10.9. The molecular formula is C11H18ClN3O2. The molecule has 0 bridgehead atoms. The number of nitrogens with one attached hydrogen (secondary N) is 1. The second-order valence-electron chi connectivity index (χ2n) is 3.52. The fraction of sp³-hybridized carbons (Fsp3) is 0.636. The first-order valence-electron chi connectivity index (χ1n) is 5.52. The number of ether oxygens (including phenoxy) is 2. The Morgan fingerprint density at radius 2 is 2.06 bits per heavy atom. The van der Waals surface area contributed by atoms with Crippen molar-refractivity contribution in [2.75, 3.05) is 26.1 Å².